The first-order valence-corrected chi connectivity index (χ1v) is 7.23. The normalized spacial score (nSPS) is 20.6. The highest BCUT2D eigenvalue weighted by molar-refractivity contribution is 5.94. The number of carboxylic acids is 1. The summed E-state index contributed by atoms with van der Waals surface area (Å²) in [6.45, 7) is 0.777. The molecule has 7 nitrogen and oxygen atoms in total. The van der Waals surface area contributed by atoms with Gasteiger partial charge in [-0.15, -0.1) is 0 Å². The van der Waals surface area contributed by atoms with Gasteiger partial charge in [0, 0.05) is 31.0 Å². The number of rotatable bonds is 7. The lowest BCUT2D eigenvalue weighted by Crippen LogP contribution is -2.40. The number of hydrogen-bond donors (Lipinski definition) is 2. The molecule has 0 saturated heterocycles. The molecule has 0 bridgehead atoms. The van der Waals surface area contributed by atoms with Crippen molar-refractivity contribution in [1.29, 1.82) is 0 Å². The molecule has 0 spiro atoms. The molecule has 1 aromatic heterocycles. The monoisotopic (exact) mass is 308 g/mol. The summed E-state index contributed by atoms with van der Waals surface area (Å²) < 4.78 is 10.2. The molecule has 1 heterocycles. The van der Waals surface area contributed by atoms with Crippen molar-refractivity contribution < 1.29 is 24.2 Å². The van der Waals surface area contributed by atoms with Gasteiger partial charge in [-0.2, -0.15) is 0 Å². The molecule has 1 aliphatic rings. The Morgan fingerprint density at radius 2 is 2.23 bits per heavy atom. The zero-order valence-electron chi connectivity index (χ0n) is 12.4. The van der Waals surface area contributed by atoms with Crippen LogP contribution in [0.3, 0.4) is 0 Å². The average molecular weight is 308 g/mol. The highest BCUT2D eigenvalue weighted by Gasteiger charge is 2.34. The number of carbonyl (C=O) groups excluding carboxylic acids is 1. The van der Waals surface area contributed by atoms with Gasteiger partial charge in [0.1, 0.15) is 6.61 Å². The summed E-state index contributed by atoms with van der Waals surface area (Å²) in [6, 6.07) is 2.79. The van der Waals surface area contributed by atoms with E-state index in [0.29, 0.717) is 37.5 Å². The fraction of sp³-hybridized carbons (Fsp3) is 0.533. The minimum Gasteiger partial charge on any atom is -0.481 e. The molecule has 0 unspecified atom stereocenters. The van der Waals surface area contributed by atoms with Crippen molar-refractivity contribution in [1.82, 2.24) is 10.3 Å². The van der Waals surface area contributed by atoms with Crippen LogP contribution in [-0.4, -0.2) is 48.3 Å². The van der Waals surface area contributed by atoms with E-state index in [9.17, 15) is 9.59 Å². The lowest BCUT2D eigenvalue weighted by molar-refractivity contribution is -0.142. The number of carboxylic acid groups (broad SMARTS) is 1. The van der Waals surface area contributed by atoms with E-state index in [1.54, 1.807) is 13.2 Å². The van der Waals surface area contributed by atoms with E-state index in [-0.39, 0.29) is 11.9 Å². The van der Waals surface area contributed by atoms with Gasteiger partial charge in [-0.25, -0.2) is 4.98 Å². The minimum atomic E-state index is -0.860. The standard InChI is InChI=1S/C15H20N2O5/c1-21-7-8-22-13-9-10(5-6-16-13)14(18)17-12-4-2-3-11(12)15(19)20/h5-6,9,11-12H,2-4,7-8H2,1H3,(H,17,18)(H,19,20)/t11-,12+/m0/s1. The Morgan fingerprint density at radius 3 is 2.95 bits per heavy atom. The lowest BCUT2D eigenvalue weighted by Gasteiger charge is -2.17. The molecule has 2 atom stereocenters. The number of nitrogens with one attached hydrogen (secondary N) is 1. The molecule has 22 heavy (non-hydrogen) atoms. The second-order valence-electron chi connectivity index (χ2n) is 5.18. The summed E-state index contributed by atoms with van der Waals surface area (Å²) >= 11 is 0. The predicted molar refractivity (Wildman–Crippen MR) is 77.8 cm³/mol. The topological polar surface area (TPSA) is 97.8 Å². The van der Waals surface area contributed by atoms with Crippen molar-refractivity contribution in [3.63, 3.8) is 0 Å². The maximum atomic E-state index is 12.2. The smallest absolute Gasteiger partial charge is 0.308 e. The Hall–Kier alpha value is -2.15. The van der Waals surface area contributed by atoms with Crippen LogP contribution < -0.4 is 10.1 Å². The minimum absolute atomic E-state index is 0.308. The van der Waals surface area contributed by atoms with E-state index in [1.807, 2.05) is 0 Å². The number of methoxy groups -OCH3 is 1. The third-order valence-corrected chi connectivity index (χ3v) is 3.68. The Labute approximate surface area is 128 Å². The highest BCUT2D eigenvalue weighted by Crippen LogP contribution is 2.26. The summed E-state index contributed by atoms with van der Waals surface area (Å²) in [5.41, 5.74) is 0.401. The number of nitrogens with zero attached hydrogens (tertiary/aromatic N) is 1. The zero-order chi connectivity index (χ0) is 15.9. The van der Waals surface area contributed by atoms with Crippen LogP contribution >= 0.6 is 0 Å². The Morgan fingerprint density at radius 1 is 1.41 bits per heavy atom. The van der Waals surface area contributed by atoms with Gasteiger partial charge in [0.15, 0.2) is 0 Å². The summed E-state index contributed by atoms with van der Waals surface area (Å²) in [5, 5.41) is 11.9. The van der Waals surface area contributed by atoms with Gasteiger partial charge in [-0.3, -0.25) is 9.59 Å². The molecule has 1 saturated carbocycles. The van der Waals surface area contributed by atoms with Crippen molar-refractivity contribution in [2.24, 2.45) is 5.92 Å². The molecule has 1 fully saturated rings. The van der Waals surface area contributed by atoms with Gasteiger partial charge in [-0.05, 0) is 18.9 Å². The number of hydrogen-bond acceptors (Lipinski definition) is 5. The van der Waals surface area contributed by atoms with Gasteiger partial charge in [-0.1, -0.05) is 6.42 Å². The van der Waals surface area contributed by atoms with Gasteiger partial charge in [0.2, 0.25) is 5.88 Å². The zero-order valence-corrected chi connectivity index (χ0v) is 12.4. The lowest BCUT2D eigenvalue weighted by atomic mass is 10.0. The first kappa shape index (κ1) is 16.2. The van der Waals surface area contributed by atoms with Crippen LogP contribution in [0.2, 0.25) is 0 Å². The van der Waals surface area contributed by atoms with Crippen LogP contribution in [0, 0.1) is 5.92 Å². The number of ether oxygens (including phenoxy) is 2. The molecule has 1 amide bonds. The molecule has 120 valence electrons. The second-order valence-corrected chi connectivity index (χ2v) is 5.18. The fourth-order valence-electron chi connectivity index (χ4n) is 2.54. The number of carbonyl (C=O) groups is 2. The van der Waals surface area contributed by atoms with Crippen molar-refractivity contribution >= 4 is 11.9 Å². The first-order valence-electron chi connectivity index (χ1n) is 7.23. The number of aliphatic carboxylic acids is 1. The van der Waals surface area contributed by atoms with Crippen molar-refractivity contribution in [3.05, 3.63) is 23.9 Å². The predicted octanol–water partition coefficient (Wildman–Crippen LogP) is 1.09. The van der Waals surface area contributed by atoms with Gasteiger partial charge in [0.05, 0.1) is 12.5 Å². The van der Waals surface area contributed by atoms with Crippen molar-refractivity contribution in [2.45, 2.75) is 25.3 Å². The van der Waals surface area contributed by atoms with Crippen LogP contribution in [0.1, 0.15) is 29.6 Å². The molecule has 7 heteroatoms. The third-order valence-electron chi connectivity index (χ3n) is 3.68. The quantitative estimate of drug-likeness (QED) is 0.732. The van der Waals surface area contributed by atoms with Crippen LogP contribution in [-0.2, 0) is 9.53 Å². The number of amides is 1. The molecule has 0 aromatic carbocycles. The maximum absolute atomic E-state index is 12.2. The molecule has 2 rings (SSSR count). The van der Waals surface area contributed by atoms with Crippen LogP contribution in [0.5, 0.6) is 5.88 Å². The van der Waals surface area contributed by atoms with Crippen molar-refractivity contribution in [2.75, 3.05) is 20.3 Å². The molecular weight excluding hydrogens is 288 g/mol. The molecule has 0 radical (unpaired) electrons. The molecule has 1 aliphatic carbocycles. The van der Waals surface area contributed by atoms with E-state index in [4.69, 9.17) is 14.6 Å². The van der Waals surface area contributed by atoms with Gasteiger partial charge < -0.3 is 19.9 Å². The van der Waals surface area contributed by atoms with E-state index < -0.39 is 11.9 Å². The summed E-state index contributed by atoms with van der Waals surface area (Å²) in [6.07, 6.45) is 3.58. The summed E-state index contributed by atoms with van der Waals surface area (Å²) in [4.78, 5) is 27.4. The Balaban J connectivity index is 1.97. The number of aromatic nitrogens is 1. The Kier molecular flexibility index (Phi) is 5.71. The SMILES string of the molecule is COCCOc1cc(C(=O)N[C@@H]2CCC[C@@H]2C(=O)O)ccn1. The third kappa shape index (κ3) is 4.17. The summed E-state index contributed by atoms with van der Waals surface area (Å²) in [5.74, 6) is -1.34. The maximum Gasteiger partial charge on any atom is 0.308 e. The molecule has 2 N–H and O–H groups in total. The van der Waals surface area contributed by atoms with Crippen molar-refractivity contribution in [3.8, 4) is 5.88 Å². The van der Waals surface area contributed by atoms with Gasteiger partial charge >= 0.3 is 5.97 Å². The van der Waals surface area contributed by atoms with Crippen LogP contribution in [0.15, 0.2) is 18.3 Å². The first-order chi connectivity index (χ1) is 10.6. The van der Waals surface area contributed by atoms with Crippen LogP contribution in [0.25, 0.3) is 0 Å². The van der Waals surface area contributed by atoms with Gasteiger partial charge in [0.25, 0.3) is 5.91 Å². The molecule has 1 aromatic rings. The largest absolute Gasteiger partial charge is 0.481 e. The highest BCUT2D eigenvalue weighted by atomic mass is 16.5. The Bertz CT molecular complexity index is 534. The molecular formula is C15H20N2O5. The van der Waals surface area contributed by atoms with Crippen LogP contribution in [0.4, 0.5) is 0 Å². The van der Waals surface area contributed by atoms with E-state index in [2.05, 4.69) is 10.3 Å². The number of pyridine rings is 1. The second kappa shape index (κ2) is 7.74. The van der Waals surface area contributed by atoms with E-state index >= 15 is 0 Å². The fourth-order valence-corrected chi connectivity index (χ4v) is 2.54. The average Bonchev–Trinajstić information content (AvgIpc) is 2.96. The molecule has 0 aliphatic heterocycles. The van der Waals surface area contributed by atoms with E-state index in [0.717, 1.165) is 6.42 Å². The van der Waals surface area contributed by atoms with E-state index in [1.165, 1.54) is 12.3 Å². The summed E-state index contributed by atoms with van der Waals surface area (Å²) in [7, 11) is 1.57.